The summed E-state index contributed by atoms with van der Waals surface area (Å²) in [4.78, 5) is 16.5. The first-order valence-electron chi connectivity index (χ1n) is 10.5. The van der Waals surface area contributed by atoms with Gasteiger partial charge in [0.2, 0.25) is 0 Å². The Kier molecular flexibility index (Phi) is 6.19. The number of aliphatic hydroxyl groups excluding tert-OH is 1. The molecule has 2 atom stereocenters. The van der Waals surface area contributed by atoms with Crippen molar-refractivity contribution in [3.8, 4) is 22.5 Å². The van der Waals surface area contributed by atoms with Gasteiger partial charge in [-0.2, -0.15) is 0 Å². The molecule has 0 aliphatic carbocycles. The first-order chi connectivity index (χ1) is 15.3. The van der Waals surface area contributed by atoms with Crippen LogP contribution in [-0.2, 0) is 16.1 Å². The molecule has 1 aromatic heterocycles. The highest BCUT2D eigenvalue weighted by Gasteiger charge is 2.28. The van der Waals surface area contributed by atoms with Gasteiger partial charge in [0.05, 0.1) is 23.9 Å². The molecule has 5 nitrogen and oxygen atoms in total. The minimum absolute atomic E-state index is 0.00807. The standard InChI is InChI=1S/C25H24F2N2O3/c1-15(2)25-28-23(16-3-7-18(26)8-4-16)24(17-5-9-19(27)10-6-17)29(25)12-11-21-13-20(30)14-22(31)32-21/h3-10,20-21,30H,1,11-14H2,2H3/t20-,21-/m1/s1. The number of hydrogen-bond donors (Lipinski definition) is 1. The molecule has 7 heteroatoms. The van der Waals surface area contributed by atoms with Crippen molar-refractivity contribution >= 4 is 11.5 Å². The molecule has 1 aliphatic rings. The highest BCUT2D eigenvalue weighted by atomic mass is 19.1. The molecule has 0 spiro atoms. The molecule has 1 aliphatic heterocycles. The fourth-order valence-electron chi connectivity index (χ4n) is 4.02. The van der Waals surface area contributed by atoms with Crippen molar-refractivity contribution in [2.45, 2.75) is 44.9 Å². The number of hydrogen-bond acceptors (Lipinski definition) is 4. The summed E-state index contributed by atoms with van der Waals surface area (Å²) in [5.41, 5.74) is 3.54. The highest BCUT2D eigenvalue weighted by molar-refractivity contribution is 5.81. The van der Waals surface area contributed by atoms with Crippen LogP contribution in [-0.4, -0.2) is 32.8 Å². The summed E-state index contributed by atoms with van der Waals surface area (Å²) in [6.45, 7) is 6.32. The van der Waals surface area contributed by atoms with E-state index in [-0.39, 0.29) is 18.1 Å². The van der Waals surface area contributed by atoms with Crippen LogP contribution in [0.2, 0.25) is 0 Å². The van der Waals surface area contributed by atoms with Gasteiger partial charge < -0.3 is 14.4 Å². The molecule has 0 saturated carbocycles. The molecule has 3 aromatic rings. The maximum Gasteiger partial charge on any atom is 0.308 e. The Balaban J connectivity index is 1.79. The van der Waals surface area contributed by atoms with Crippen LogP contribution in [0.15, 0.2) is 55.1 Å². The Morgan fingerprint density at radius 2 is 1.72 bits per heavy atom. The average Bonchev–Trinajstić information content (AvgIpc) is 3.12. The molecular formula is C25H24F2N2O3. The molecule has 1 N–H and O–H groups in total. The maximum absolute atomic E-state index is 13.6. The molecule has 0 amide bonds. The van der Waals surface area contributed by atoms with E-state index in [1.807, 2.05) is 11.5 Å². The number of halogens is 2. The fourth-order valence-corrected chi connectivity index (χ4v) is 4.02. The Hall–Kier alpha value is -3.32. The minimum Gasteiger partial charge on any atom is -0.462 e. The van der Waals surface area contributed by atoms with Gasteiger partial charge >= 0.3 is 5.97 Å². The van der Waals surface area contributed by atoms with Gasteiger partial charge in [0, 0.05) is 30.5 Å². The summed E-state index contributed by atoms with van der Waals surface area (Å²) in [5, 5.41) is 9.92. The molecule has 1 saturated heterocycles. The van der Waals surface area contributed by atoms with E-state index in [0.717, 1.165) is 16.8 Å². The molecule has 1 fully saturated rings. The minimum atomic E-state index is -0.712. The van der Waals surface area contributed by atoms with Gasteiger partial charge in [-0.05, 0) is 61.0 Å². The SMILES string of the molecule is C=C(C)c1nc(-c2ccc(F)cc2)c(-c2ccc(F)cc2)n1CC[C@@H]1C[C@@H](O)CC(=O)O1. The van der Waals surface area contributed by atoms with Crippen LogP contribution in [0.5, 0.6) is 0 Å². The first kappa shape index (κ1) is 21.9. The molecule has 2 heterocycles. The Bertz CT molecular complexity index is 1140. The second-order valence-corrected chi connectivity index (χ2v) is 8.07. The molecular weight excluding hydrogens is 414 g/mol. The van der Waals surface area contributed by atoms with Crippen molar-refractivity contribution in [3.05, 3.63) is 72.6 Å². The van der Waals surface area contributed by atoms with E-state index in [0.29, 0.717) is 36.5 Å². The summed E-state index contributed by atoms with van der Waals surface area (Å²) >= 11 is 0. The zero-order valence-corrected chi connectivity index (χ0v) is 17.7. The fraction of sp³-hybridized carbons (Fsp3) is 0.280. The maximum atomic E-state index is 13.6. The lowest BCUT2D eigenvalue weighted by atomic mass is 10.0. The number of allylic oxidation sites excluding steroid dienone is 1. The summed E-state index contributed by atoms with van der Waals surface area (Å²) in [6, 6.07) is 12.1. The van der Waals surface area contributed by atoms with E-state index in [4.69, 9.17) is 9.72 Å². The molecule has 0 radical (unpaired) electrons. The molecule has 2 aromatic carbocycles. The molecule has 0 unspecified atom stereocenters. The molecule has 166 valence electrons. The summed E-state index contributed by atoms with van der Waals surface area (Å²) in [6.07, 6.45) is -0.276. The van der Waals surface area contributed by atoms with Gasteiger partial charge in [0.15, 0.2) is 0 Å². The van der Waals surface area contributed by atoms with Crippen molar-refractivity contribution in [2.24, 2.45) is 0 Å². The van der Waals surface area contributed by atoms with E-state index in [9.17, 15) is 18.7 Å². The van der Waals surface area contributed by atoms with E-state index in [2.05, 4.69) is 6.58 Å². The lowest BCUT2D eigenvalue weighted by molar-refractivity contribution is -0.160. The van der Waals surface area contributed by atoms with Crippen molar-refractivity contribution in [2.75, 3.05) is 0 Å². The first-order valence-corrected chi connectivity index (χ1v) is 10.5. The van der Waals surface area contributed by atoms with E-state index in [1.165, 1.54) is 24.3 Å². The van der Waals surface area contributed by atoms with Crippen LogP contribution < -0.4 is 0 Å². The topological polar surface area (TPSA) is 64.3 Å². The Morgan fingerprint density at radius 3 is 2.28 bits per heavy atom. The molecule has 32 heavy (non-hydrogen) atoms. The molecule has 0 bridgehead atoms. The second kappa shape index (κ2) is 9.04. The third kappa shape index (κ3) is 4.62. The van der Waals surface area contributed by atoms with Gasteiger partial charge in [-0.25, -0.2) is 13.8 Å². The van der Waals surface area contributed by atoms with Crippen LogP contribution in [0.1, 0.15) is 32.0 Å². The second-order valence-electron chi connectivity index (χ2n) is 8.07. The van der Waals surface area contributed by atoms with Crippen molar-refractivity contribution < 1.29 is 23.4 Å². The normalized spacial score (nSPS) is 18.4. The summed E-state index contributed by atoms with van der Waals surface area (Å²) in [5.74, 6) is -0.489. The van der Waals surface area contributed by atoms with Crippen LogP contribution in [0, 0.1) is 11.6 Å². The third-order valence-corrected chi connectivity index (χ3v) is 5.49. The smallest absolute Gasteiger partial charge is 0.308 e. The lowest BCUT2D eigenvalue weighted by Crippen LogP contribution is -2.33. The van der Waals surface area contributed by atoms with Crippen LogP contribution in [0.3, 0.4) is 0 Å². The largest absolute Gasteiger partial charge is 0.462 e. The van der Waals surface area contributed by atoms with Crippen LogP contribution >= 0.6 is 0 Å². The number of benzene rings is 2. The molecule has 4 rings (SSSR count). The quantitative estimate of drug-likeness (QED) is 0.551. The number of cyclic esters (lactones) is 1. The predicted molar refractivity (Wildman–Crippen MR) is 117 cm³/mol. The van der Waals surface area contributed by atoms with Gasteiger partial charge in [0.25, 0.3) is 0 Å². The van der Waals surface area contributed by atoms with E-state index < -0.39 is 18.2 Å². The third-order valence-electron chi connectivity index (χ3n) is 5.49. The van der Waals surface area contributed by atoms with Gasteiger partial charge in [0.1, 0.15) is 23.6 Å². The number of nitrogens with zero attached hydrogens (tertiary/aromatic N) is 2. The number of carbonyl (C=O) groups excluding carboxylic acids is 1. The van der Waals surface area contributed by atoms with Crippen LogP contribution in [0.25, 0.3) is 28.1 Å². The zero-order chi connectivity index (χ0) is 22.8. The van der Waals surface area contributed by atoms with Crippen molar-refractivity contribution in [1.82, 2.24) is 9.55 Å². The zero-order valence-electron chi connectivity index (χ0n) is 17.7. The number of esters is 1. The Labute approximate surface area is 185 Å². The number of carbonyl (C=O) groups is 1. The van der Waals surface area contributed by atoms with Gasteiger partial charge in [-0.1, -0.05) is 6.58 Å². The highest BCUT2D eigenvalue weighted by Crippen LogP contribution is 2.35. The van der Waals surface area contributed by atoms with Gasteiger partial charge in [-0.3, -0.25) is 4.79 Å². The number of aromatic nitrogens is 2. The van der Waals surface area contributed by atoms with Crippen molar-refractivity contribution in [3.63, 3.8) is 0 Å². The van der Waals surface area contributed by atoms with Crippen LogP contribution in [0.4, 0.5) is 8.78 Å². The number of imidazole rings is 1. The number of ether oxygens (including phenoxy) is 1. The lowest BCUT2D eigenvalue weighted by Gasteiger charge is -2.26. The predicted octanol–water partition coefficient (Wildman–Crippen LogP) is 4.99. The monoisotopic (exact) mass is 438 g/mol. The summed E-state index contributed by atoms with van der Waals surface area (Å²) in [7, 11) is 0. The Morgan fingerprint density at radius 1 is 1.12 bits per heavy atom. The average molecular weight is 438 g/mol. The van der Waals surface area contributed by atoms with E-state index >= 15 is 0 Å². The number of rotatable bonds is 6. The van der Waals surface area contributed by atoms with Crippen molar-refractivity contribution in [1.29, 1.82) is 0 Å². The summed E-state index contributed by atoms with van der Waals surface area (Å²) < 4.78 is 34.5. The number of aliphatic hydroxyl groups is 1. The van der Waals surface area contributed by atoms with E-state index in [1.54, 1.807) is 24.3 Å². The van der Waals surface area contributed by atoms with Gasteiger partial charge in [-0.15, -0.1) is 0 Å².